The zero-order valence-electron chi connectivity index (χ0n) is 27.2. The normalized spacial score (nSPS) is 12.0. The summed E-state index contributed by atoms with van der Waals surface area (Å²) in [5.41, 5.74) is 9.56. The summed E-state index contributed by atoms with van der Waals surface area (Å²) in [4.78, 5) is 0. The molecule has 2 nitrogen and oxygen atoms in total. The molecular weight excluding hydrogens is 605 g/mol. The van der Waals surface area contributed by atoms with Crippen LogP contribution in [0.5, 0.6) is 0 Å². The number of hydrogen-bond donors (Lipinski definition) is 0. The van der Waals surface area contributed by atoms with Crippen molar-refractivity contribution in [1.29, 1.82) is 0 Å². The SMILES string of the molecule is c1ccc(-c2ccc3c4ccccc4n(-c4cc(-n5c6ccccc6c6ccccc65)c5c6ccccc6c6ccccc6c5c4)c3c2)cc1. The Bertz CT molecular complexity index is 3090. The number of hydrogen-bond acceptors (Lipinski definition) is 0. The molecule has 0 atom stereocenters. The van der Waals surface area contributed by atoms with Crippen LogP contribution in [0.2, 0.25) is 0 Å². The van der Waals surface area contributed by atoms with Crippen LogP contribution < -0.4 is 0 Å². The lowest BCUT2D eigenvalue weighted by molar-refractivity contribution is 1.15. The highest BCUT2D eigenvalue weighted by Gasteiger charge is 2.21. The van der Waals surface area contributed by atoms with E-state index in [9.17, 15) is 0 Å². The van der Waals surface area contributed by atoms with E-state index in [0.29, 0.717) is 0 Å². The fourth-order valence-corrected chi connectivity index (χ4v) is 8.54. The number of aromatic nitrogens is 2. The van der Waals surface area contributed by atoms with E-state index in [1.165, 1.54) is 92.7 Å². The summed E-state index contributed by atoms with van der Waals surface area (Å²) < 4.78 is 4.99. The molecule has 0 radical (unpaired) electrons. The van der Waals surface area contributed by atoms with Crippen LogP contribution in [0.3, 0.4) is 0 Å². The van der Waals surface area contributed by atoms with E-state index in [4.69, 9.17) is 0 Å². The first-order valence-electron chi connectivity index (χ1n) is 17.3. The predicted octanol–water partition coefficient (Wildman–Crippen LogP) is 13.0. The van der Waals surface area contributed by atoms with Crippen LogP contribution >= 0.6 is 0 Å². The number of para-hydroxylation sites is 3. The smallest absolute Gasteiger partial charge is 0.0567 e. The summed E-state index contributed by atoms with van der Waals surface area (Å²) in [6.07, 6.45) is 0. The molecule has 2 heterocycles. The minimum atomic E-state index is 1.14. The Morgan fingerprint density at radius 2 is 0.720 bits per heavy atom. The van der Waals surface area contributed by atoms with Gasteiger partial charge in [-0.3, -0.25) is 0 Å². The Kier molecular flexibility index (Phi) is 5.70. The standard InChI is InChI=1S/C48H30N2/c1-2-14-31(15-3-1)32-26-27-40-39-21-8-11-23-43(39)49(46(40)28-32)33-29-42-36-18-5-4-16-34(36)35-17-6-7-22-41(35)48(42)47(30-33)50-44-24-12-9-19-37(44)38-20-10-13-25-45(38)50/h1-30H. The first-order valence-corrected chi connectivity index (χ1v) is 17.3. The van der Waals surface area contributed by atoms with Gasteiger partial charge in [-0.1, -0.05) is 146 Å². The Morgan fingerprint density at radius 1 is 0.260 bits per heavy atom. The molecule has 0 spiro atoms. The van der Waals surface area contributed by atoms with Crippen molar-refractivity contribution in [1.82, 2.24) is 9.13 Å². The molecular formula is C48H30N2. The van der Waals surface area contributed by atoms with Crippen molar-refractivity contribution in [2.45, 2.75) is 0 Å². The van der Waals surface area contributed by atoms with Gasteiger partial charge in [-0.05, 0) is 74.5 Å². The maximum Gasteiger partial charge on any atom is 0.0567 e. The first kappa shape index (κ1) is 27.3. The Balaban J connectivity index is 1.36. The molecule has 0 unspecified atom stereocenters. The third kappa shape index (κ3) is 3.79. The molecule has 50 heavy (non-hydrogen) atoms. The van der Waals surface area contributed by atoms with Gasteiger partial charge in [-0.25, -0.2) is 0 Å². The van der Waals surface area contributed by atoms with Crippen LogP contribution in [0.4, 0.5) is 0 Å². The van der Waals surface area contributed by atoms with Crippen LogP contribution in [0.1, 0.15) is 0 Å². The summed E-state index contributed by atoms with van der Waals surface area (Å²) in [5, 5.41) is 12.6. The molecule has 11 aromatic rings. The molecule has 0 aliphatic heterocycles. The molecule has 232 valence electrons. The summed E-state index contributed by atoms with van der Waals surface area (Å²) in [6, 6.07) is 66.8. The molecule has 0 aliphatic carbocycles. The maximum absolute atomic E-state index is 2.50. The fraction of sp³-hybridized carbons (Fsp3) is 0. The fourth-order valence-electron chi connectivity index (χ4n) is 8.54. The summed E-state index contributed by atoms with van der Waals surface area (Å²) in [6.45, 7) is 0. The van der Waals surface area contributed by atoms with Gasteiger partial charge in [0.2, 0.25) is 0 Å². The van der Waals surface area contributed by atoms with E-state index in [1.807, 2.05) is 0 Å². The van der Waals surface area contributed by atoms with Gasteiger partial charge in [0.25, 0.3) is 0 Å². The summed E-state index contributed by atoms with van der Waals surface area (Å²) >= 11 is 0. The Hall–Kier alpha value is -6.64. The van der Waals surface area contributed by atoms with Crippen LogP contribution in [0, 0.1) is 0 Å². The van der Waals surface area contributed by atoms with E-state index in [2.05, 4.69) is 191 Å². The lowest BCUT2D eigenvalue weighted by atomic mass is 9.92. The Morgan fingerprint density at radius 3 is 1.34 bits per heavy atom. The van der Waals surface area contributed by atoms with Crippen molar-refractivity contribution in [3.05, 3.63) is 182 Å². The molecule has 0 fully saturated rings. The second-order valence-electron chi connectivity index (χ2n) is 13.3. The summed E-state index contributed by atoms with van der Waals surface area (Å²) in [7, 11) is 0. The molecule has 2 heteroatoms. The topological polar surface area (TPSA) is 9.86 Å². The monoisotopic (exact) mass is 634 g/mol. The minimum Gasteiger partial charge on any atom is -0.309 e. The van der Waals surface area contributed by atoms with Crippen molar-refractivity contribution < 1.29 is 0 Å². The van der Waals surface area contributed by atoms with E-state index < -0.39 is 0 Å². The van der Waals surface area contributed by atoms with Gasteiger partial charge in [0.1, 0.15) is 0 Å². The van der Waals surface area contributed by atoms with E-state index >= 15 is 0 Å². The van der Waals surface area contributed by atoms with Gasteiger partial charge in [-0.2, -0.15) is 0 Å². The van der Waals surface area contributed by atoms with Crippen LogP contribution in [-0.4, -0.2) is 9.13 Å². The summed E-state index contributed by atoms with van der Waals surface area (Å²) in [5.74, 6) is 0. The van der Waals surface area contributed by atoms with Gasteiger partial charge < -0.3 is 9.13 Å². The van der Waals surface area contributed by atoms with Crippen LogP contribution in [-0.2, 0) is 0 Å². The zero-order chi connectivity index (χ0) is 32.8. The highest BCUT2D eigenvalue weighted by atomic mass is 15.0. The Labute approximate surface area is 288 Å². The van der Waals surface area contributed by atoms with E-state index in [1.54, 1.807) is 0 Å². The largest absolute Gasteiger partial charge is 0.309 e. The molecule has 0 N–H and O–H groups in total. The van der Waals surface area contributed by atoms with Crippen molar-refractivity contribution in [2.24, 2.45) is 0 Å². The van der Waals surface area contributed by atoms with Gasteiger partial charge >= 0.3 is 0 Å². The molecule has 0 amide bonds. The molecule has 0 bridgehead atoms. The van der Waals surface area contributed by atoms with Crippen molar-refractivity contribution in [3.8, 4) is 22.5 Å². The van der Waals surface area contributed by atoms with Crippen molar-refractivity contribution in [2.75, 3.05) is 0 Å². The van der Waals surface area contributed by atoms with Gasteiger partial charge in [0.15, 0.2) is 0 Å². The maximum atomic E-state index is 2.50. The van der Waals surface area contributed by atoms with Gasteiger partial charge in [0.05, 0.1) is 27.8 Å². The molecule has 0 saturated carbocycles. The van der Waals surface area contributed by atoms with Gasteiger partial charge in [-0.15, -0.1) is 0 Å². The highest BCUT2D eigenvalue weighted by Crippen LogP contribution is 2.44. The molecule has 2 aromatic heterocycles. The number of rotatable bonds is 3. The lowest BCUT2D eigenvalue weighted by Gasteiger charge is -2.19. The highest BCUT2D eigenvalue weighted by molar-refractivity contribution is 6.28. The van der Waals surface area contributed by atoms with E-state index in [0.717, 1.165) is 5.69 Å². The number of fused-ring (bicyclic) bond motifs is 12. The van der Waals surface area contributed by atoms with Crippen molar-refractivity contribution in [3.63, 3.8) is 0 Å². The second-order valence-corrected chi connectivity index (χ2v) is 13.3. The predicted molar refractivity (Wildman–Crippen MR) is 213 cm³/mol. The first-order chi connectivity index (χ1) is 24.8. The van der Waals surface area contributed by atoms with Gasteiger partial charge in [0, 0.05) is 32.6 Å². The van der Waals surface area contributed by atoms with Crippen molar-refractivity contribution >= 4 is 75.9 Å². The third-order valence-electron chi connectivity index (χ3n) is 10.7. The average Bonchev–Trinajstić information content (AvgIpc) is 3.70. The molecule has 0 aliphatic rings. The van der Waals surface area contributed by atoms with Crippen LogP contribution in [0.15, 0.2) is 182 Å². The molecule has 0 saturated heterocycles. The average molecular weight is 635 g/mol. The third-order valence-corrected chi connectivity index (χ3v) is 10.7. The lowest BCUT2D eigenvalue weighted by Crippen LogP contribution is -2.01. The molecule has 11 rings (SSSR count). The zero-order valence-corrected chi connectivity index (χ0v) is 27.2. The quantitative estimate of drug-likeness (QED) is 0.171. The number of benzene rings is 9. The van der Waals surface area contributed by atoms with Crippen LogP contribution in [0.25, 0.3) is 98.4 Å². The van der Waals surface area contributed by atoms with E-state index in [-0.39, 0.29) is 0 Å². The molecule has 9 aromatic carbocycles. The number of nitrogens with zero attached hydrogens (tertiary/aromatic N) is 2. The second kappa shape index (κ2) is 10.4. The minimum absolute atomic E-state index is 1.14.